The molecular weight excluding hydrogens is 380 g/mol. The second-order valence-corrected chi connectivity index (χ2v) is 7.48. The van der Waals surface area contributed by atoms with Crippen LogP contribution in [0.2, 0.25) is 0 Å². The number of hydrogen-bond acceptors (Lipinski definition) is 7. The van der Waals surface area contributed by atoms with Crippen LogP contribution in [0.5, 0.6) is 0 Å². The first-order valence-corrected chi connectivity index (χ1v) is 9.72. The molecule has 0 amide bonds. The number of methoxy groups -OCH3 is 1. The average Bonchev–Trinajstić information content (AvgIpc) is 3.21. The van der Waals surface area contributed by atoms with E-state index in [9.17, 15) is 0 Å². The lowest BCUT2D eigenvalue weighted by Gasteiger charge is -2.33. The Hall–Kier alpha value is -1.51. The molecule has 1 N–H and O–H groups in total. The zero-order chi connectivity index (χ0) is 18.5. The monoisotopic (exact) mass is 408 g/mol. The van der Waals surface area contributed by atoms with E-state index in [1.807, 2.05) is 6.07 Å². The standard InChI is InChI=1S/C20H28N4O3.ClH/c1-25-15-20(5-7-21-8-6-20)19-22-18(23-27-19)17-4-2-3-16(13-17)14-24-9-11-26-12-10-24;/h2-4,13,21H,5-12,14-15H2,1H3;1H. The molecule has 0 radical (unpaired) electrons. The van der Waals surface area contributed by atoms with Crippen molar-refractivity contribution in [3.8, 4) is 11.4 Å². The molecular formula is C20H29ClN4O3. The van der Waals surface area contributed by atoms with Crippen LogP contribution in [-0.2, 0) is 21.4 Å². The molecule has 0 saturated carbocycles. The molecule has 0 bridgehead atoms. The van der Waals surface area contributed by atoms with Gasteiger partial charge in [-0.25, -0.2) is 0 Å². The van der Waals surface area contributed by atoms with Crippen LogP contribution in [0.3, 0.4) is 0 Å². The molecule has 1 aromatic carbocycles. The van der Waals surface area contributed by atoms with Crippen LogP contribution in [0.15, 0.2) is 28.8 Å². The van der Waals surface area contributed by atoms with E-state index in [0.29, 0.717) is 18.3 Å². The summed E-state index contributed by atoms with van der Waals surface area (Å²) in [5.74, 6) is 1.35. The maximum atomic E-state index is 5.71. The summed E-state index contributed by atoms with van der Waals surface area (Å²) in [7, 11) is 1.73. The molecule has 2 aromatic rings. The summed E-state index contributed by atoms with van der Waals surface area (Å²) in [6, 6.07) is 8.42. The van der Waals surface area contributed by atoms with E-state index >= 15 is 0 Å². The van der Waals surface area contributed by atoms with Gasteiger partial charge in [0.1, 0.15) is 0 Å². The van der Waals surface area contributed by atoms with Gasteiger partial charge < -0.3 is 19.3 Å². The van der Waals surface area contributed by atoms with E-state index in [1.54, 1.807) is 7.11 Å². The Kier molecular flexibility index (Phi) is 7.42. The van der Waals surface area contributed by atoms with Crippen LogP contribution in [0.1, 0.15) is 24.3 Å². The second-order valence-electron chi connectivity index (χ2n) is 7.48. The predicted molar refractivity (Wildman–Crippen MR) is 109 cm³/mol. The highest BCUT2D eigenvalue weighted by atomic mass is 35.5. The maximum absolute atomic E-state index is 5.71. The third kappa shape index (κ3) is 4.72. The highest BCUT2D eigenvalue weighted by molar-refractivity contribution is 5.85. The Morgan fingerprint density at radius 1 is 1.21 bits per heavy atom. The van der Waals surface area contributed by atoms with Crippen molar-refractivity contribution < 1.29 is 14.0 Å². The number of halogens is 1. The molecule has 28 heavy (non-hydrogen) atoms. The maximum Gasteiger partial charge on any atom is 0.235 e. The Morgan fingerprint density at radius 2 is 2.00 bits per heavy atom. The van der Waals surface area contributed by atoms with Gasteiger partial charge in [0.2, 0.25) is 11.7 Å². The first-order chi connectivity index (χ1) is 13.3. The van der Waals surface area contributed by atoms with E-state index in [0.717, 1.165) is 64.3 Å². The van der Waals surface area contributed by atoms with Gasteiger partial charge in [-0.2, -0.15) is 4.98 Å². The molecule has 2 saturated heterocycles. The van der Waals surface area contributed by atoms with Crippen LogP contribution < -0.4 is 5.32 Å². The molecule has 0 aliphatic carbocycles. The minimum atomic E-state index is -0.184. The molecule has 0 atom stereocenters. The molecule has 2 aliphatic rings. The molecule has 7 nitrogen and oxygen atoms in total. The largest absolute Gasteiger partial charge is 0.384 e. The summed E-state index contributed by atoms with van der Waals surface area (Å²) < 4.78 is 16.6. The van der Waals surface area contributed by atoms with Crippen molar-refractivity contribution in [2.75, 3.05) is 53.1 Å². The topological polar surface area (TPSA) is 72.7 Å². The molecule has 3 heterocycles. The van der Waals surface area contributed by atoms with Gasteiger partial charge >= 0.3 is 0 Å². The number of benzene rings is 1. The Morgan fingerprint density at radius 3 is 2.75 bits per heavy atom. The van der Waals surface area contributed by atoms with E-state index in [2.05, 4.69) is 33.6 Å². The number of hydrogen-bond donors (Lipinski definition) is 1. The van der Waals surface area contributed by atoms with Gasteiger partial charge in [-0.1, -0.05) is 23.4 Å². The van der Waals surface area contributed by atoms with Crippen molar-refractivity contribution in [3.63, 3.8) is 0 Å². The van der Waals surface area contributed by atoms with E-state index in [4.69, 9.17) is 19.0 Å². The Balaban J connectivity index is 0.00000225. The SMILES string of the molecule is COCC1(c2nc(-c3cccc(CN4CCOCC4)c3)no2)CCNCC1.Cl. The highest BCUT2D eigenvalue weighted by Gasteiger charge is 2.39. The smallest absolute Gasteiger partial charge is 0.235 e. The number of nitrogens with zero attached hydrogens (tertiary/aromatic N) is 3. The molecule has 0 spiro atoms. The number of rotatable bonds is 6. The van der Waals surface area contributed by atoms with Crippen molar-refractivity contribution >= 4 is 12.4 Å². The third-order valence-electron chi connectivity index (χ3n) is 5.56. The fourth-order valence-electron chi connectivity index (χ4n) is 3.98. The Bertz CT molecular complexity index is 737. The van der Waals surface area contributed by atoms with Gasteiger partial charge in [-0.3, -0.25) is 4.90 Å². The molecule has 0 unspecified atom stereocenters. The van der Waals surface area contributed by atoms with Crippen LogP contribution in [-0.4, -0.2) is 68.2 Å². The van der Waals surface area contributed by atoms with E-state index in [-0.39, 0.29) is 17.8 Å². The molecule has 4 rings (SSSR count). The number of ether oxygens (including phenoxy) is 2. The fourth-order valence-corrected chi connectivity index (χ4v) is 3.98. The first-order valence-electron chi connectivity index (χ1n) is 9.72. The normalized spacial score (nSPS) is 19.9. The average molecular weight is 409 g/mol. The van der Waals surface area contributed by atoms with E-state index < -0.39 is 0 Å². The van der Waals surface area contributed by atoms with Crippen molar-refractivity contribution in [1.82, 2.24) is 20.4 Å². The molecule has 154 valence electrons. The van der Waals surface area contributed by atoms with Gasteiger partial charge in [0.05, 0.1) is 25.2 Å². The molecule has 1 aromatic heterocycles. The lowest BCUT2D eigenvalue weighted by Crippen LogP contribution is -2.43. The minimum absolute atomic E-state index is 0. The quantitative estimate of drug-likeness (QED) is 0.785. The van der Waals surface area contributed by atoms with Crippen molar-refractivity contribution in [3.05, 3.63) is 35.7 Å². The number of aromatic nitrogens is 2. The summed E-state index contributed by atoms with van der Waals surface area (Å²) in [5.41, 5.74) is 2.07. The summed E-state index contributed by atoms with van der Waals surface area (Å²) in [4.78, 5) is 7.17. The second kappa shape index (κ2) is 9.80. The summed E-state index contributed by atoms with van der Waals surface area (Å²) >= 11 is 0. The van der Waals surface area contributed by atoms with Crippen LogP contribution in [0.25, 0.3) is 11.4 Å². The Labute approximate surface area is 172 Å². The fraction of sp³-hybridized carbons (Fsp3) is 0.600. The van der Waals surface area contributed by atoms with Crippen molar-refractivity contribution in [2.24, 2.45) is 0 Å². The molecule has 8 heteroatoms. The van der Waals surface area contributed by atoms with Gasteiger partial charge in [0.25, 0.3) is 0 Å². The van der Waals surface area contributed by atoms with Crippen LogP contribution >= 0.6 is 12.4 Å². The van der Waals surface area contributed by atoms with E-state index in [1.165, 1.54) is 5.56 Å². The highest BCUT2D eigenvalue weighted by Crippen LogP contribution is 2.34. The predicted octanol–water partition coefficient (Wildman–Crippen LogP) is 2.26. The summed E-state index contributed by atoms with van der Waals surface area (Å²) in [6.45, 7) is 6.98. The lowest BCUT2D eigenvalue weighted by atomic mass is 9.79. The van der Waals surface area contributed by atoms with Crippen molar-refractivity contribution in [1.29, 1.82) is 0 Å². The zero-order valence-corrected chi connectivity index (χ0v) is 17.2. The third-order valence-corrected chi connectivity index (χ3v) is 5.56. The number of morpholine rings is 1. The van der Waals surface area contributed by atoms with Gasteiger partial charge in [-0.15, -0.1) is 12.4 Å². The van der Waals surface area contributed by atoms with Crippen LogP contribution in [0, 0.1) is 0 Å². The van der Waals surface area contributed by atoms with Gasteiger partial charge in [-0.05, 0) is 37.6 Å². The summed E-state index contributed by atoms with van der Waals surface area (Å²) in [6.07, 6.45) is 1.89. The van der Waals surface area contributed by atoms with Gasteiger partial charge in [0.15, 0.2) is 0 Å². The first kappa shape index (κ1) is 21.2. The van der Waals surface area contributed by atoms with Gasteiger partial charge in [0, 0.05) is 32.3 Å². The molecule has 2 fully saturated rings. The van der Waals surface area contributed by atoms with Crippen LogP contribution in [0.4, 0.5) is 0 Å². The van der Waals surface area contributed by atoms with Crippen molar-refractivity contribution in [2.45, 2.75) is 24.8 Å². The lowest BCUT2D eigenvalue weighted by molar-refractivity contribution is 0.0342. The number of piperidine rings is 1. The zero-order valence-electron chi connectivity index (χ0n) is 16.4. The number of nitrogens with one attached hydrogen (secondary N) is 1. The molecule has 2 aliphatic heterocycles. The minimum Gasteiger partial charge on any atom is -0.384 e. The summed E-state index contributed by atoms with van der Waals surface area (Å²) in [5, 5.41) is 7.67.